The highest BCUT2D eigenvalue weighted by atomic mass is 16.2. The van der Waals surface area contributed by atoms with Crippen LogP contribution < -0.4 is 4.90 Å². The molecule has 0 aliphatic carbocycles. The molecule has 1 aromatic heterocycles. The second-order valence-corrected chi connectivity index (χ2v) is 7.52. The third-order valence-corrected chi connectivity index (χ3v) is 5.92. The molecule has 2 aliphatic rings. The Hall–Kier alpha value is -2.43. The lowest BCUT2D eigenvalue weighted by Gasteiger charge is -2.36. The number of hydrogen-bond acceptors (Lipinski definition) is 4. The molecule has 0 radical (unpaired) electrons. The quantitative estimate of drug-likeness (QED) is 0.836. The minimum atomic E-state index is 0.134. The Labute approximate surface area is 155 Å². The molecule has 0 unspecified atom stereocenters. The van der Waals surface area contributed by atoms with Crippen molar-refractivity contribution in [3.05, 3.63) is 52.7 Å². The van der Waals surface area contributed by atoms with E-state index in [1.807, 2.05) is 6.20 Å². The van der Waals surface area contributed by atoms with Crippen LogP contribution in [0.5, 0.6) is 0 Å². The highest BCUT2D eigenvalue weighted by Crippen LogP contribution is 2.28. The van der Waals surface area contributed by atoms with Crippen molar-refractivity contribution in [2.75, 3.05) is 24.5 Å². The van der Waals surface area contributed by atoms with Crippen LogP contribution in [0.2, 0.25) is 0 Å². The maximum atomic E-state index is 13.0. The Morgan fingerprint density at radius 1 is 1.08 bits per heavy atom. The van der Waals surface area contributed by atoms with Gasteiger partial charge in [-0.2, -0.15) is 5.10 Å². The lowest BCUT2D eigenvalue weighted by molar-refractivity contribution is -0.137. The molecular weight excluding hydrogens is 324 g/mol. The number of rotatable bonds is 2. The lowest BCUT2D eigenvalue weighted by atomic mass is 9.93. The Morgan fingerprint density at radius 2 is 1.81 bits per heavy atom. The molecule has 2 aliphatic heterocycles. The molecule has 5 nitrogen and oxygen atoms in total. The van der Waals surface area contributed by atoms with Crippen molar-refractivity contribution < 1.29 is 4.79 Å². The van der Waals surface area contributed by atoms with Crippen molar-refractivity contribution in [2.24, 2.45) is 5.92 Å². The fraction of sp³-hybridized carbons (Fsp3) is 0.476. The van der Waals surface area contributed by atoms with E-state index < -0.39 is 0 Å². The largest absolute Gasteiger partial charge is 0.355 e. The van der Waals surface area contributed by atoms with Gasteiger partial charge in [0.15, 0.2) is 5.82 Å². The van der Waals surface area contributed by atoms with E-state index in [4.69, 9.17) is 0 Å². The first kappa shape index (κ1) is 17.0. The van der Waals surface area contributed by atoms with Gasteiger partial charge >= 0.3 is 0 Å². The van der Waals surface area contributed by atoms with Gasteiger partial charge in [-0.25, -0.2) is 0 Å². The zero-order valence-electron chi connectivity index (χ0n) is 15.6. The molecule has 4 rings (SSSR count). The average molecular weight is 350 g/mol. The van der Waals surface area contributed by atoms with Gasteiger partial charge in [-0.05, 0) is 55.4 Å². The fourth-order valence-electron chi connectivity index (χ4n) is 4.10. The minimum Gasteiger partial charge on any atom is -0.355 e. The van der Waals surface area contributed by atoms with Gasteiger partial charge in [-0.15, -0.1) is 5.10 Å². The summed E-state index contributed by atoms with van der Waals surface area (Å²) < 4.78 is 0. The molecular formula is C21H26N4O. The number of benzene rings is 1. The molecule has 1 amide bonds. The van der Waals surface area contributed by atoms with E-state index in [0.29, 0.717) is 5.91 Å². The van der Waals surface area contributed by atoms with Crippen LogP contribution in [0.1, 0.15) is 35.1 Å². The summed E-state index contributed by atoms with van der Waals surface area (Å²) in [6.45, 7) is 7.52. The summed E-state index contributed by atoms with van der Waals surface area (Å²) in [5, 5.41) is 8.43. The van der Waals surface area contributed by atoms with Crippen molar-refractivity contribution in [3.63, 3.8) is 0 Å². The summed E-state index contributed by atoms with van der Waals surface area (Å²) in [5.41, 5.74) is 5.05. The topological polar surface area (TPSA) is 49.3 Å². The molecule has 0 spiro atoms. The average Bonchev–Trinajstić information content (AvgIpc) is 2.69. The Morgan fingerprint density at radius 3 is 2.58 bits per heavy atom. The Kier molecular flexibility index (Phi) is 4.62. The number of piperidine rings is 1. The molecule has 3 heterocycles. The van der Waals surface area contributed by atoms with Crippen LogP contribution in [0.15, 0.2) is 30.5 Å². The summed E-state index contributed by atoms with van der Waals surface area (Å²) in [4.78, 5) is 17.3. The number of amides is 1. The van der Waals surface area contributed by atoms with E-state index in [-0.39, 0.29) is 5.92 Å². The molecule has 5 heteroatoms. The summed E-state index contributed by atoms with van der Waals surface area (Å²) in [6.07, 6.45) is 4.57. The number of aryl methyl sites for hydroxylation is 1. The fourth-order valence-corrected chi connectivity index (χ4v) is 4.10. The number of nitrogens with zero attached hydrogens (tertiary/aromatic N) is 4. The van der Waals surface area contributed by atoms with Gasteiger partial charge in [-0.1, -0.05) is 24.3 Å². The van der Waals surface area contributed by atoms with Crippen LogP contribution in [0.3, 0.4) is 0 Å². The molecule has 1 saturated heterocycles. The Balaban J connectivity index is 1.39. The number of carbonyl (C=O) groups is 1. The third kappa shape index (κ3) is 3.18. The smallest absolute Gasteiger partial charge is 0.226 e. The van der Waals surface area contributed by atoms with E-state index in [2.05, 4.69) is 58.1 Å². The van der Waals surface area contributed by atoms with Crippen molar-refractivity contribution in [1.29, 1.82) is 0 Å². The predicted molar refractivity (Wildman–Crippen MR) is 102 cm³/mol. The summed E-state index contributed by atoms with van der Waals surface area (Å²) in [5.74, 6) is 1.43. The molecule has 26 heavy (non-hydrogen) atoms. The molecule has 1 fully saturated rings. The van der Waals surface area contributed by atoms with Crippen LogP contribution in [-0.4, -0.2) is 40.6 Å². The molecule has 1 aromatic carbocycles. The van der Waals surface area contributed by atoms with Crippen LogP contribution in [0.4, 0.5) is 5.82 Å². The molecule has 136 valence electrons. The predicted octanol–water partition coefficient (Wildman–Crippen LogP) is 2.89. The van der Waals surface area contributed by atoms with Crippen molar-refractivity contribution in [1.82, 2.24) is 15.1 Å². The molecule has 0 saturated carbocycles. The van der Waals surface area contributed by atoms with Gasteiger partial charge in [0.25, 0.3) is 0 Å². The van der Waals surface area contributed by atoms with Crippen LogP contribution in [0, 0.1) is 19.8 Å². The number of fused-ring (bicyclic) bond motifs is 1. The maximum Gasteiger partial charge on any atom is 0.226 e. The van der Waals surface area contributed by atoms with E-state index >= 15 is 0 Å². The first-order valence-electron chi connectivity index (χ1n) is 9.53. The Bertz CT molecular complexity index is 811. The van der Waals surface area contributed by atoms with E-state index in [0.717, 1.165) is 51.3 Å². The number of hydrogen-bond donors (Lipinski definition) is 0. The minimum absolute atomic E-state index is 0.134. The molecule has 0 N–H and O–H groups in total. The van der Waals surface area contributed by atoms with Crippen molar-refractivity contribution >= 4 is 11.7 Å². The van der Waals surface area contributed by atoms with Crippen molar-refractivity contribution in [3.8, 4) is 0 Å². The molecule has 0 bridgehead atoms. The standard InChI is InChI=1S/C21H26N4O/c1-15-13-22-23-20(16(15)2)24-10-8-18(9-11-24)21(26)25-12-7-17-5-3-4-6-19(17)14-25/h3-6,13,18H,7-12,14H2,1-2H3. The van der Waals surface area contributed by atoms with Gasteiger partial charge < -0.3 is 9.80 Å². The third-order valence-electron chi connectivity index (χ3n) is 5.92. The SMILES string of the molecule is Cc1cnnc(N2CCC(C(=O)N3CCc4ccccc4C3)CC2)c1C. The van der Waals surface area contributed by atoms with E-state index in [1.165, 1.54) is 22.3 Å². The van der Waals surface area contributed by atoms with E-state index in [9.17, 15) is 4.79 Å². The summed E-state index contributed by atoms with van der Waals surface area (Å²) in [6, 6.07) is 8.48. The first-order chi connectivity index (χ1) is 12.6. The van der Waals surface area contributed by atoms with Gasteiger partial charge in [0.05, 0.1) is 6.20 Å². The highest BCUT2D eigenvalue weighted by molar-refractivity contribution is 5.79. The lowest BCUT2D eigenvalue weighted by Crippen LogP contribution is -2.44. The number of anilines is 1. The van der Waals surface area contributed by atoms with Crippen LogP contribution in [-0.2, 0) is 17.8 Å². The van der Waals surface area contributed by atoms with Crippen LogP contribution >= 0.6 is 0 Å². The second-order valence-electron chi connectivity index (χ2n) is 7.52. The zero-order valence-corrected chi connectivity index (χ0v) is 15.6. The summed E-state index contributed by atoms with van der Waals surface area (Å²) >= 11 is 0. The summed E-state index contributed by atoms with van der Waals surface area (Å²) in [7, 11) is 0. The number of aromatic nitrogens is 2. The molecule has 0 atom stereocenters. The van der Waals surface area contributed by atoms with Gasteiger partial charge in [-0.3, -0.25) is 4.79 Å². The second kappa shape index (κ2) is 7.06. The first-order valence-corrected chi connectivity index (χ1v) is 9.53. The number of carbonyl (C=O) groups excluding carboxylic acids is 1. The zero-order chi connectivity index (χ0) is 18.1. The monoisotopic (exact) mass is 350 g/mol. The van der Waals surface area contributed by atoms with E-state index in [1.54, 1.807) is 0 Å². The van der Waals surface area contributed by atoms with Crippen LogP contribution in [0.25, 0.3) is 0 Å². The van der Waals surface area contributed by atoms with Crippen molar-refractivity contribution in [2.45, 2.75) is 39.7 Å². The highest BCUT2D eigenvalue weighted by Gasteiger charge is 2.31. The molecule has 2 aromatic rings. The van der Waals surface area contributed by atoms with Gasteiger partial charge in [0, 0.05) is 32.1 Å². The maximum absolute atomic E-state index is 13.0. The normalized spacial score (nSPS) is 17.9. The van der Waals surface area contributed by atoms with Gasteiger partial charge in [0.1, 0.15) is 0 Å². The van der Waals surface area contributed by atoms with Gasteiger partial charge in [0.2, 0.25) is 5.91 Å².